The Morgan fingerprint density at radius 1 is 1.11 bits per heavy atom. The highest BCUT2D eigenvalue weighted by Gasteiger charge is 2.35. The number of halogens is 1. The highest BCUT2D eigenvalue weighted by Crippen LogP contribution is 2.36. The Morgan fingerprint density at radius 2 is 1.96 bits per heavy atom. The predicted molar refractivity (Wildman–Crippen MR) is 107 cm³/mol. The Balaban J connectivity index is 1.85. The number of benzene rings is 2. The number of fused-ring (bicyclic) bond motifs is 1. The van der Waals surface area contributed by atoms with E-state index in [1.54, 1.807) is 6.20 Å². The molecule has 3 aromatic rings. The summed E-state index contributed by atoms with van der Waals surface area (Å²) in [6, 6.07) is 15.3. The van der Waals surface area contributed by atoms with E-state index in [0.717, 1.165) is 41.3 Å². The van der Waals surface area contributed by atoms with Crippen molar-refractivity contribution in [3.05, 3.63) is 77.1 Å². The number of aliphatic carboxylic acids is 1. The van der Waals surface area contributed by atoms with E-state index < -0.39 is 12.0 Å². The van der Waals surface area contributed by atoms with Gasteiger partial charge in [-0.2, -0.15) is 0 Å². The van der Waals surface area contributed by atoms with E-state index in [2.05, 4.69) is 28.1 Å². The minimum absolute atomic E-state index is 0.150. The van der Waals surface area contributed by atoms with Crippen molar-refractivity contribution in [1.82, 2.24) is 9.88 Å². The first kappa shape index (κ1) is 18.0. The van der Waals surface area contributed by atoms with Gasteiger partial charge in [-0.1, -0.05) is 42.3 Å². The molecule has 1 N–H and O–H groups in total. The van der Waals surface area contributed by atoms with Gasteiger partial charge < -0.3 is 5.11 Å². The molecule has 0 bridgehead atoms. The molecule has 0 saturated carbocycles. The van der Waals surface area contributed by atoms with Crippen molar-refractivity contribution in [3.63, 3.8) is 0 Å². The minimum Gasteiger partial charge on any atom is -0.480 e. The Hall–Kier alpha value is -2.43. The third-order valence-corrected chi connectivity index (χ3v) is 5.54. The van der Waals surface area contributed by atoms with Gasteiger partial charge in [0.05, 0.1) is 6.04 Å². The van der Waals surface area contributed by atoms with Crippen LogP contribution in [-0.2, 0) is 4.79 Å². The van der Waals surface area contributed by atoms with Crippen molar-refractivity contribution < 1.29 is 9.90 Å². The number of pyridine rings is 1. The van der Waals surface area contributed by atoms with Gasteiger partial charge in [-0.05, 0) is 60.2 Å². The van der Waals surface area contributed by atoms with E-state index in [1.807, 2.05) is 36.5 Å². The maximum atomic E-state index is 11.9. The number of likely N-dealkylation sites (tertiary alicyclic amines) is 1. The van der Waals surface area contributed by atoms with Crippen LogP contribution in [0.15, 0.2) is 60.9 Å². The van der Waals surface area contributed by atoms with Crippen LogP contribution >= 0.6 is 11.6 Å². The van der Waals surface area contributed by atoms with Gasteiger partial charge in [0.1, 0.15) is 6.04 Å². The van der Waals surface area contributed by atoms with Gasteiger partial charge in [0.25, 0.3) is 0 Å². The average molecular weight is 381 g/mol. The molecule has 4 rings (SSSR count). The Kier molecular flexibility index (Phi) is 5.10. The number of rotatable bonds is 4. The standard InChI is InChI=1S/C22H21ClN2O2/c23-19-5-3-4-16(13-19)21(25-11-2-1-6-20(25)22(26)27)17-7-8-18-14-24-10-9-15(18)12-17/h3-5,7-10,12-14,20-21H,1-2,6,11H2,(H,26,27). The zero-order valence-corrected chi connectivity index (χ0v) is 15.6. The quantitative estimate of drug-likeness (QED) is 0.698. The van der Waals surface area contributed by atoms with Crippen molar-refractivity contribution in [2.75, 3.05) is 6.54 Å². The SMILES string of the molecule is O=C(O)C1CCCCN1C(c1cccc(Cl)c1)c1ccc2cnccc2c1. The summed E-state index contributed by atoms with van der Waals surface area (Å²) in [5, 5.41) is 12.6. The molecule has 2 atom stereocenters. The molecule has 1 saturated heterocycles. The highest BCUT2D eigenvalue weighted by molar-refractivity contribution is 6.30. The molecule has 2 heterocycles. The van der Waals surface area contributed by atoms with Crippen LogP contribution < -0.4 is 0 Å². The Labute approximate surface area is 163 Å². The molecule has 0 aliphatic carbocycles. The van der Waals surface area contributed by atoms with Crippen molar-refractivity contribution in [2.45, 2.75) is 31.3 Å². The smallest absolute Gasteiger partial charge is 0.320 e. The molecule has 2 unspecified atom stereocenters. The molecular formula is C22H21ClN2O2. The zero-order valence-electron chi connectivity index (χ0n) is 14.9. The van der Waals surface area contributed by atoms with Crippen LogP contribution in [0.4, 0.5) is 0 Å². The maximum Gasteiger partial charge on any atom is 0.320 e. The number of carboxylic acid groups (broad SMARTS) is 1. The number of aromatic nitrogens is 1. The lowest BCUT2D eigenvalue weighted by Gasteiger charge is -2.39. The van der Waals surface area contributed by atoms with Crippen molar-refractivity contribution >= 4 is 28.3 Å². The first-order valence-electron chi connectivity index (χ1n) is 9.21. The van der Waals surface area contributed by atoms with Crippen LogP contribution in [0.2, 0.25) is 5.02 Å². The lowest BCUT2D eigenvalue weighted by atomic mass is 9.91. The molecule has 1 aromatic heterocycles. The van der Waals surface area contributed by atoms with E-state index in [9.17, 15) is 9.90 Å². The number of piperidine rings is 1. The second-order valence-corrected chi connectivity index (χ2v) is 7.46. The lowest BCUT2D eigenvalue weighted by Crippen LogP contribution is -2.46. The molecule has 1 fully saturated rings. The normalized spacial score (nSPS) is 19.1. The molecule has 0 radical (unpaired) electrons. The number of hydrogen-bond donors (Lipinski definition) is 1. The van der Waals surface area contributed by atoms with Gasteiger partial charge in [-0.15, -0.1) is 0 Å². The Morgan fingerprint density at radius 3 is 2.78 bits per heavy atom. The van der Waals surface area contributed by atoms with Crippen LogP contribution in [0.3, 0.4) is 0 Å². The van der Waals surface area contributed by atoms with E-state index in [0.29, 0.717) is 11.4 Å². The minimum atomic E-state index is -0.758. The van der Waals surface area contributed by atoms with E-state index in [1.165, 1.54) is 0 Å². The van der Waals surface area contributed by atoms with Gasteiger partial charge in [-0.25, -0.2) is 0 Å². The summed E-state index contributed by atoms with van der Waals surface area (Å²) in [4.78, 5) is 18.2. The number of carboxylic acids is 1. The molecule has 27 heavy (non-hydrogen) atoms. The predicted octanol–water partition coefficient (Wildman–Crippen LogP) is 4.92. The van der Waals surface area contributed by atoms with Crippen LogP contribution in [0.25, 0.3) is 10.8 Å². The van der Waals surface area contributed by atoms with Gasteiger partial charge >= 0.3 is 5.97 Å². The second-order valence-electron chi connectivity index (χ2n) is 7.03. The van der Waals surface area contributed by atoms with Crippen LogP contribution in [0.5, 0.6) is 0 Å². The molecule has 1 aliphatic rings. The highest BCUT2D eigenvalue weighted by atomic mass is 35.5. The van der Waals surface area contributed by atoms with Gasteiger partial charge in [0.2, 0.25) is 0 Å². The fourth-order valence-corrected chi connectivity index (χ4v) is 4.25. The maximum absolute atomic E-state index is 11.9. The third-order valence-electron chi connectivity index (χ3n) is 5.31. The van der Waals surface area contributed by atoms with Gasteiger partial charge in [0, 0.05) is 22.8 Å². The molecule has 1 aliphatic heterocycles. The lowest BCUT2D eigenvalue weighted by molar-refractivity contribution is -0.145. The van der Waals surface area contributed by atoms with Crippen LogP contribution in [0.1, 0.15) is 36.4 Å². The molecule has 4 nitrogen and oxygen atoms in total. The zero-order chi connectivity index (χ0) is 18.8. The Bertz CT molecular complexity index is 975. The largest absolute Gasteiger partial charge is 0.480 e. The number of carbonyl (C=O) groups is 1. The van der Waals surface area contributed by atoms with Crippen molar-refractivity contribution in [3.8, 4) is 0 Å². The second kappa shape index (κ2) is 7.67. The molecule has 5 heteroatoms. The van der Waals surface area contributed by atoms with Gasteiger partial charge in [0.15, 0.2) is 0 Å². The third kappa shape index (κ3) is 3.68. The van der Waals surface area contributed by atoms with E-state index in [4.69, 9.17) is 11.6 Å². The number of nitrogens with zero attached hydrogens (tertiary/aromatic N) is 2. The fourth-order valence-electron chi connectivity index (χ4n) is 4.05. The first-order chi connectivity index (χ1) is 13.1. The summed E-state index contributed by atoms with van der Waals surface area (Å²) in [5.41, 5.74) is 2.09. The van der Waals surface area contributed by atoms with E-state index >= 15 is 0 Å². The average Bonchev–Trinajstić information content (AvgIpc) is 2.68. The van der Waals surface area contributed by atoms with Crippen molar-refractivity contribution in [2.24, 2.45) is 0 Å². The summed E-state index contributed by atoms with van der Waals surface area (Å²) in [6.07, 6.45) is 6.23. The first-order valence-corrected chi connectivity index (χ1v) is 9.59. The van der Waals surface area contributed by atoms with Crippen LogP contribution in [-0.4, -0.2) is 33.5 Å². The monoisotopic (exact) mass is 380 g/mol. The summed E-state index contributed by atoms with van der Waals surface area (Å²) in [7, 11) is 0. The molecule has 0 amide bonds. The molecule has 2 aromatic carbocycles. The molecular weight excluding hydrogens is 360 g/mol. The molecule has 138 valence electrons. The van der Waals surface area contributed by atoms with Crippen LogP contribution in [0, 0.1) is 0 Å². The van der Waals surface area contributed by atoms with Gasteiger partial charge in [-0.3, -0.25) is 14.7 Å². The van der Waals surface area contributed by atoms with Crippen molar-refractivity contribution in [1.29, 1.82) is 0 Å². The fraction of sp³-hybridized carbons (Fsp3) is 0.273. The van der Waals surface area contributed by atoms with E-state index in [-0.39, 0.29) is 6.04 Å². The summed E-state index contributed by atoms with van der Waals surface area (Å²) >= 11 is 6.27. The summed E-state index contributed by atoms with van der Waals surface area (Å²) < 4.78 is 0. The topological polar surface area (TPSA) is 53.4 Å². The summed E-state index contributed by atoms with van der Waals surface area (Å²) in [6.45, 7) is 0.753. The summed E-state index contributed by atoms with van der Waals surface area (Å²) in [5.74, 6) is -0.758. The molecule has 0 spiro atoms. The number of hydrogen-bond acceptors (Lipinski definition) is 3.